The topological polar surface area (TPSA) is 37.8 Å². The van der Waals surface area contributed by atoms with Gasteiger partial charge in [-0.15, -0.1) is 0 Å². The van der Waals surface area contributed by atoms with E-state index < -0.39 is 0 Å². The number of fused-ring (bicyclic) bond motifs is 1. The molecular weight excluding hydrogens is 282 g/mol. The zero-order chi connectivity index (χ0) is 14.8. The lowest BCUT2D eigenvalue weighted by molar-refractivity contribution is 1.08. The van der Waals surface area contributed by atoms with E-state index in [-0.39, 0.29) is 0 Å². The van der Waals surface area contributed by atoms with Crippen molar-refractivity contribution >= 4 is 28.2 Å². The average Bonchev–Trinajstić information content (AvgIpc) is 2.48. The Morgan fingerprint density at radius 3 is 2.76 bits per heavy atom. The summed E-state index contributed by atoms with van der Waals surface area (Å²) in [5.74, 6) is 0. The number of rotatable bonds is 3. The van der Waals surface area contributed by atoms with E-state index in [2.05, 4.69) is 21.4 Å². The molecule has 0 bridgehead atoms. The molecule has 0 saturated heterocycles. The molecule has 0 aliphatic heterocycles. The number of halogens is 1. The first kappa shape index (κ1) is 13.8. The Morgan fingerprint density at radius 1 is 1.10 bits per heavy atom. The summed E-state index contributed by atoms with van der Waals surface area (Å²) >= 11 is 6.22. The van der Waals surface area contributed by atoms with Crippen LogP contribution >= 0.6 is 11.6 Å². The standard InChI is InChI=1S/C17H16ClN3/c1-11-5-8-16(12(2)21-11)20-10-13-6-7-15(18)14-4-3-9-19-17(13)14/h3-9,20H,10H2,1-2H3. The van der Waals surface area contributed by atoms with Crippen LogP contribution < -0.4 is 5.32 Å². The maximum absolute atomic E-state index is 6.22. The van der Waals surface area contributed by atoms with Crippen molar-refractivity contribution in [3.05, 3.63) is 64.6 Å². The molecule has 106 valence electrons. The van der Waals surface area contributed by atoms with Crippen LogP contribution in [0.4, 0.5) is 5.69 Å². The molecule has 3 rings (SSSR count). The Bertz CT molecular complexity index is 799. The van der Waals surface area contributed by atoms with E-state index in [1.165, 1.54) is 0 Å². The number of hydrogen-bond acceptors (Lipinski definition) is 3. The molecule has 1 aromatic carbocycles. The summed E-state index contributed by atoms with van der Waals surface area (Å²) in [6, 6.07) is 11.9. The van der Waals surface area contributed by atoms with Gasteiger partial charge in [0.1, 0.15) is 0 Å². The number of pyridine rings is 2. The van der Waals surface area contributed by atoms with E-state index in [0.717, 1.165) is 38.6 Å². The fourth-order valence-electron chi connectivity index (χ4n) is 2.40. The van der Waals surface area contributed by atoms with Crippen LogP contribution in [0.15, 0.2) is 42.6 Å². The molecule has 0 unspecified atom stereocenters. The van der Waals surface area contributed by atoms with Crippen LogP contribution in [0.5, 0.6) is 0 Å². The normalized spacial score (nSPS) is 10.8. The highest BCUT2D eigenvalue weighted by Gasteiger charge is 2.06. The largest absolute Gasteiger partial charge is 0.379 e. The number of aromatic nitrogens is 2. The predicted octanol–water partition coefficient (Wildman–Crippen LogP) is 4.51. The Morgan fingerprint density at radius 2 is 1.95 bits per heavy atom. The Balaban J connectivity index is 1.90. The molecule has 0 amide bonds. The van der Waals surface area contributed by atoms with Crippen LogP contribution in [0, 0.1) is 13.8 Å². The van der Waals surface area contributed by atoms with E-state index in [9.17, 15) is 0 Å². The van der Waals surface area contributed by atoms with E-state index in [4.69, 9.17) is 11.6 Å². The molecule has 0 aliphatic rings. The first-order valence-corrected chi connectivity index (χ1v) is 7.23. The first-order valence-electron chi connectivity index (χ1n) is 6.85. The van der Waals surface area contributed by atoms with Gasteiger partial charge >= 0.3 is 0 Å². The lowest BCUT2D eigenvalue weighted by Crippen LogP contribution is -2.03. The molecule has 4 heteroatoms. The lowest BCUT2D eigenvalue weighted by Gasteiger charge is -2.11. The van der Waals surface area contributed by atoms with Crippen molar-refractivity contribution in [2.24, 2.45) is 0 Å². The molecule has 2 aromatic heterocycles. The van der Waals surface area contributed by atoms with Gasteiger partial charge in [-0.05, 0) is 49.7 Å². The fraction of sp³-hybridized carbons (Fsp3) is 0.176. The van der Waals surface area contributed by atoms with Gasteiger partial charge in [-0.1, -0.05) is 17.7 Å². The van der Waals surface area contributed by atoms with Gasteiger partial charge < -0.3 is 5.32 Å². The third kappa shape index (κ3) is 2.83. The van der Waals surface area contributed by atoms with Crippen LogP contribution in [-0.2, 0) is 6.54 Å². The average molecular weight is 298 g/mol. The summed E-state index contributed by atoms with van der Waals surface area (Å²) in [7, 11) is 0. The Kier molecular flexibility index (Phi) is 3.76. The Labute approximate surface area is 129 Å². The van der Waals surface area contributed by atoms with Crippen molar-refractivity contribution in [2.45, 2.75) is 20.4 Å². The molecule has 3 nitrogen and oxygen atoms in total. The van der Waals surface area contributed by atoms with Crippen molar-refractivity contribution in [2.75, 3.05) is 5.32 Å². The minimum Gasteiger partial charge on any atom is -0.379 e. The van der Waals surface area contributed by atoms with Crippen molar-refractivity contribution in [1.29, 1.82) is 0 Å². The van der Waals surface area contributed by atoms with Gasteiger partial charge in [0, 0.05) is 28.8 Å². The van der Waals surface area contributed by atoms with Crippen LogP contribution in [0.2, 0.25) is 5.02 Å². The minimum absolute atomic E-state index is 0.691. The van der Waals surface area contributed by atoms with Gasteiger partial charge in [0.2, 0.25) is 0 Å². The molecule has 0 atom stereocenters. The maximum atomic E-state index is 6.22. The van der Waals surface area contributed by atoms with Gasteiger partial charge in [-0.25, -0.2) is 0 Å². The number of anilines is 1. The van der Waals surface area contributed by atoms with Crippen molar-refractivity contribution in [3.8, 4) is 0 Å². The quantitative estimate of drug-likeness (QED) is 0.773. The highest BCUT2D eigenvalue weighted by atomic mass is 35.5. The zero-order valence-corrected chi connectivity index (χ0v) is 12.8. The summed E-state index contributed by atoms with van der Waals surface area (Å²) in [6.45, 7) is 4.69. The number of nitrogens with zero attached hydrogens (tertiary/aromatic N) is 2. The second-order valence-electron chi connectivity index (χ2n) is 5.05. The van der Waals surface area contributed by atoms with Crippen LogP contribution in [0.3, 0.4) is 0 Å². The van der Waals surface area contributed by atoms with Gasteiger partial charge in [-0.2, -0.15) is 0 Å². The second kappa shape index (κ2) is 5.70. The predicted molar refractivity (Wildman–Crippen MR) is 87.8 cm³/mol. The van der Waals surface area contributed by atoms with Crippen molar-refractivity contribution in [3.63, 3.8) is 0 Å². The summed E-state index contributed by atoms with van der Waals surface area (Å²) in [5.41, 5.74) is 5.13. The number of aryl methyl sites for hydroxylation is 2. The van der Waals surface area contributed by atoms with Gasteiger partial charge in [-0.3, -0.25) is 9.97 Å². The van der Waals surface area contributed by atoms with Crippen molar-refractivity contribution < 1.29 is 0 Å². The molecule has 3 aromatic rings. The first-order chi connectivity index (χ1) is 10.1. The molecule has 0 aliphatic carbocycles. The summed E-state index contributed by atoms with van der Waals surface area (Å²) in [5, 5.41) is 5.14. The number of nitrogens with one attached hydrogen (secondary N) is 1. The lowest BCUT2D eigenvalue weighted by atomic mass is 10.1. The number of benzene rings is 1. The molecule has 1 N–H and O–H groups in total. The molecule has 0 radical (unpaired) electrons. The molecular formula is C17H16ClN3. The minimum atomic E-state index is 0.691. The molecule has 21 heavy (non-hydrogen) atoms. The van der Waals surface area contributed by atoms with Gasteiger partial charge in [0.15, 0.2) is 0 Å². The molecule has 2 heterocycles. The van der Waals surface area contributed by atoms with Crippen LogP contribution in [-0.4, -0.2) is 9.97 Å². The molecule has 0 fully saturated rings. The maximum Gasteiger partial charge on any atom is 0.0766 e. The summed E-state index contributed by atoms with van der Waals surface area (Å²) in [4.78, 5) is 8.91. The Hall–Kier alpha value is -2.13. The van der Waals surface area contributed by atoms with Gasteiger partial charge in [0.05, 0.1) is 16.9 Å². The smallest absolute Gasteiger partial charge is 0.0766 e. The highest BCUT2D eigenvalue weighted by Crippen LogP contribution is 2.25. The number of hydrogen-bond donors (Lipinski definition) is 1. The van der Waals surface area contributed by atoms with Crippen LogP contribution in [0.25, 0.3) is 10.9 Å². The van der Waals surface area contributed by atoms with E-state index in [0.29, 0.717) is 6.54 Å². The third-order valence-corrected chi connectivity index (χ3v) is 3.82. The van der Waals surface area contributed by atoms with Crippen molar-refractivity contribution in [1.82, 2.24) is 9.97 Å². The SMILES string of the molecule is Cc1ccc(NCc2ccc(Cl)c3cccnc23)c(C)n1. The summed E-state index contributed by atoms with van der Waals surface area (Å²) in [6.07, 6.45) is 1.79. The van der Waals surface area contributed by atoms with E-state index >= 15 is 0 Å². The molecule has 0 spiro atoms. The van der Waals surface area contributed by atoms with Gasteiger partial charge in [0.25, 0.3) is 0 Å². The van der Waals surface area contributed by atoms with E-state index in [1.54, 1.807) is 6.20 Å². The second-order valence-corrected chi connectivity index (χ2v) is 5.45. The highest BCUT2D eigenvalue weighted by molar-refractivity contribution is 6.35. The van der Waals surface area contributed by atoms with Crippen LogP contribution in [0.1, 0.15) is 17.0 Å². The monoisotopic (exact) mass is 297 g/mol. The fourth-order valence-corrected chi connectivity index (χ4v) is 2.62. The summed E-state index contributed by atoms with van der Waals surface area (Å²) < 4.78 is 0. The zero-order valence-electron chi connectivity index (χ0n) is 12.0. The third-order valence-electron chi connectivity index (χ3n) is 3.49. The van der Waals surface area contributed by atoms with E-state index in [1.807, 2.05) is 44.2 Å². The molecule has 0 saturated carbocycles.